The van der Waals surface area contributed by atoms with Crippen LogP contribution >= 0.6 is 56.9 Å². The van der Waals surface area contributed by atoms with Crippen LogP contribution < -0.4 is 49.7 Å². The zero-order valence-corrected chi connectivity index (χ0v) is 66.9. The molecule has 6 atom stereocenters. The van der Waals surface area contributed by atoms with Crippen LogP contribution in [0.15, 0.2) is 71.5 Å². The number of ether oxygens (including phenoxy) is 5. The fraction of sp³-hybridized carbons (Fsp3) is 0.528. The van der Waals surface area contributed by atoms with Gasteiger partial charge in [0.2, 0.25) is 21.8 Å². The van der Waals surface area contributed by atoms with E-state index < -0.39 is 93.7 Å². The van der Waals surface area contributed by atoms with Crippen molar-refractivity contribution in [1.82, 2.24) is 64.8 Å². The van der Waals surface area contributed by atoms with E-state index >= 15 is 0 Å². The van der Waals surface area contributed by atoms with E-state index in [1.165, 1.54) is 39.6 Å². The van der Waals surface area contributed by atoms with Gasteiger partial charge in [0.1, 0.15) is 75.3 Å². The fourth-order valence-corrected chi connectivity index (χ4v) is 17.8. The first-order chi connectivity index (χ1) is 50.5. The molecule has 4 aromatic heterocycles. The summed E-state index contributed by atoms with van der Waals surface area (Å²) in [6, 6.07) is 7.68. The van der Waals surface area contributed by atoms with Crippen molar-refractivity contribution in [3.8, 4) is 44.4 Å². The first-order valence-corrected chi connectivity index (χ1v) is 41.6. The van der Waals surface area contributed by atoms with Gasteiger partial charge in [0.25, 0.3) is 11.8 Å². The first kappa shape index (κ1) is 79.5. The number of allylic oxidation sites excluding steroid dienone is 2. The number of aromatic nitrogens is 4. The summed E-state index contributed by atoms with van der Waals surface area (Å²) in [5, 5.41) is 18.4. The number of urea groups is 2. The molecule has 0 bridgehead atoms. The molecule has 3 unspecified atom stereocenters. The lowest BCUT2D eigenvalue weighted by Gasteiger charge is -2.28. The third-order valence-electron chi connectivity index (χ3n) is 19.7. The molecular weight excluding hydrogens is 1580 g/mol. The van der Waals surface area contributed by atoms with E-state index in [4.69, 9.17) is 55.2 Å². The van der Waals surface area contributed by atoms with E-state index in [0.29, 0.717) is 93.2 Å². The molecular formula is C72H91ClIN13O15S4. The van der Waals surface area contributed by atoms with Crippen molar-refractivity contribution in [2.45, 2.75) is 149 Å². The molecule has 572 valence electrons. The quantitative estimate of drug-likeness (QED) is 0.0235. The zero-order chi connectivity index (χ0) is 76.0. The Hall–Kier alpha value is -7.54. The van der Waals surface area contributed by atoms with Gasteiger partial charge in [-0.15, -0.1) is 22.7 Å². The van der Waals surface area contributed by atoms with Crippen LogP contribution in [-0.4, -0.2) is 193 Å². The molecule has 3 saturated carbocycles. The van der Waals surface area contributed by atoms with Crippen LogP contribution in [0.2, 0.25) is 5.02 Å². The van der Waals surface area contributed by atoms with Crippen LogP contribution in [0, 0.1) is 18.8 Å². The largest absolute Gasteiger partial charge is 0.496 e. The summed E-state index contributed by atoms with van der Waals surface area (Å²) in [7, 11) is -1.71. The summed E-state index contributed by atoms with van der Waals surface area (Å²) < 4.78 is 85.9. The molecule has 6 aromatic rings. The fourth-order valence-electron chi connectivity index (χ4n) is 12.6. The number of morpholine rings is 1. The Morgan fingerprint density at radius 2 is 1.12 bits per heavy atom. The first-order valence-electron chi connectivity index (χ1n) is 35.5. The van der Waals surface area contributed by atoms with Crippen LogP contribution in [0.1, 0.15) is 134 Å². The van der Waals surface area contributed by atoms with Gasteiger partial charge in [-0.2, -0.15) is 12.7 Å². The second-order valence-corrected chi connectivity index (χ2v) is 36.6. The van der Waals surface area contributed by atoms with Crippen LogP contribution in [0.5, 0.6) is 23.0 Å². The number of hydrogen-bond acceptors (Lipinski definition) is 21. The molecule has 8 amide bonds. The van der Waals surface area contributed by atoms with E-state index in [-0.39, 0.29) is 77.0 Å². The van der Waals surface area contributed by atoms with Crippen molar-refractivity contribution < 1.29 is 69.3 Å². The number of halogens is 2. The Balaban J connectivity index is 0.000000212. The van der Waals surface area contributed by atoms with Crippen LogP contribution in [0.3, 0.4) is 0 Å². The minimum atomic E-state index is -4.19. The SMILES string of the molecule is COc1ccc2c(OCCC3NC(=O)N(C)CCCC/C=C\C4CC4(C(=O)NS(=O)(=O)N4CCOCC4)NC3=O)cc(-c3nc(C(C)C)cs3)nc2c1Cl.COc1ccc2c(OCC[C@@H]3NC(=O)N(C)CCCC/C=C\[C@@H]4C[C@@]4(C(=O)NS(=O)(=O)C4(I)CC4)NC3=O)cc(-c3nc(C(C)C)cs3)nc2c1C. The summed E-state index contributed by atoms with van der Waals surface area (Å²) in [6.45, 7) is 11.8. The summed E-state index contributed by atoms with van der Waals surface area (Å²) in [5.74, 6) is -1.15. The third-order valence-corrected chi connectivity index (χ3v) is 28.0. The number of aryl methyl sites for hydroxylation is 1. The lowest BCUT2D eigenvalue weighted by molar-refractivity contribution is -0.130. The Morgan fingerprint density at radius 1 is 0.660 bits per heavy atom. The molecule has 6 aliphatic rings. The standard InChI is InChI=1S/C36H46ClN7O8S2.C36H45IN6O7S2/c1-22(2)27-21-53-33(39-27)26-19-29(24-10-11-28(50-4)30(37)31(24)38-26)52-16-12-25-32(45)41-36(34(46)42-54(48,49)44-14-17-51-18-15-44)20-23(36)9-7-5-6-8-13-43(3)35(47)40-25;1-21(2)27-20-51-32(39-27)26-18-29(24-11-12-28(49-5)22(3)30(24)38-26)50-17-13-25-31(44)41-36(33(45)42-52(47,48)35(37)14-15-35)19-23(36)10-8-6-7-9-16-43(4)34(46)40-25/h7,9-11,19,21-23,25H,5-6,8,12-18,20H2,1-4H3,(H,40,47)(H,41,45)(H,42,46);8,10-12,18,20-21,23,25H,6-7,9,13-17,19H2,1-5H3,(H,40,46)(H,41,44)(H,42,45)/b9-7-;10-8-/t;23-,25+,36-/m.1/s1. The molecule has 12 rings (SSSR count). The maximum absolute atomic E-state index is 14.1. The van der Waals surface area contributed by atoms with Gasteiger partial charge >= 0.3 is 22.3 Å². The number of benzene rings is 2. The van der Waals surface area contributed by atoms with Crippen molar-refractivity contribution in [2.24, 2.45) is 11.8 Å². The molecule has 3 aliphatic carbocycles. The molecule has 34 heteroatoms. The van der Waals surface area contributed by atoms with Crippen molar-refractivity contribution in [3.63, 3.8) is 0 Å². The number of methoxy groups -OCH3 is 2. The van der Waals surface area contributed by atoms with Crippen molar-refractivity contribution in [3.05, 3.63) is 93.4 Å². The number of fused-ring (bicyclic) bond motifs is 4. The highest BCUT2D eigenvalue weighted by Crippen LogP contribution is 2.51. The number of carbonyl (C=O) groups is 6. The van der Waals surface area contributed by atoms with E-state index in [9.17, 15) is 45.6 Å². The van der Waals surface area contributed by atoms with Gasteiger partial charge in [0, 0.05) is 104 Å². The third kappa shape index (κ3) is 18.1. The molecule has 6 N–H and O–H groups in total. The number of alkyl halides is 1. The number of amides is 8. The number of sulfonamides is 1. The number of thiazole rings is 2. The molecule has 4 fully saturated rings. The molecule has 2 aromatic carbocycles. The molecule has 0 radical (unpaired) electrons. The number of pyridine rings is 2. The van der Waals surface area contributed by atoms with E-state index in [1.54, 1.807) is 39.4 Å². The predicted octanol–water partition coefficient (Wildman–Crippen LogP) is 9.79. The summed E-state index contributed by atoms with van der Waals surface area (Å²) >= 11 is 11.5. The highest BCUT2D eigenvalue weighted by atomic mass is 127. The lowest BCUT2D eigenvalue weighted by atomic mass is 10.1. The van der Waals surface area contributed by atoms with Crippen LogP contribution in [-0.2, 0) is 44.1 Å². The molecule has 28 nitrogen and oxygen atoms in total. The van der Waals surface area contributed by atoms with E-state index in [0.717, 1.165) is 63.8 Å². The van der Waals surface area contributed by atoms with Gasteiger partial charge in [-0.05, 0) is 107 Å². The normalized spacial score (nSPS) is 23.7. The number of nitrogens with zero attached hydrogens (tertiary/aromatic N) is 7. The zero-order valence-electron chi connectivity index (χ0n) is 60.7. The average molecular weight is 1670 g/mol. The number of nitrogens with one attached hydrogen (secondary N) is 6. The number of hydrogen-bond donors (Lipinski definition) is 6. The number of rotatable bonds is 20. The average Bonchev–Trinajstić information content (AvgIpc) is 1.57. The lowest BCUT2D eigenvalue weighted by Crippen LogP contribution is -2.59. The van der Waals surface area contributed by atoms with Crippen LogP contribution in [0.25, 0.3) is 43.2 Å². The Bertz CT molecular complexity index is 4610. The molecule has 3 aliphatic heterocycles. The van der Waals surface area contributed by atoms with E-state index in [1.807, 2.05) is 82.8 Å². The Kier molecular flexibility index (Phi) is 25.1. The maximum atomic E-state index is 14.1. The molecule has 106 heavy (non-hydrogen) atoms. The molecule has 1 saturated heterocycles. The highest BCUT2D eigenvalue weighted by Gasteiger charge is 2.64. The Morgan fingerprint density at radius 3 is 1.58 bits per heavy atom. The summed E-state index contributed by atoms with van der Waals surface area (Å²) in [6.07, 6.45) is 13.6. The van der Waals surface area contributed by atoms with Gasteiger partial charge in [-0.25, -0.2) is 47.4 Å². The van der Waals surface area contributed by atoms with E-state index in [2.05, 4.69) is 58.4 Å². The second kappa shape index (κ2) is 33.5. The number of carbonyl (C=O) groups excluding carboxylic acids is 6. The second-order valence-electron chi connectivity index (χ2n) is 28.0. The minimum absolute atomic E-state index is 0.00742. The van der Waals surface area contributed by atoms with Crippen LogP contribution in [0.4, 0.5) is 9.59 Å². The van der Waals surface area contributed by atoms with Gasteiger partial charge in [0.05, 0.1) is 63.1 Å². The smallest absolute Gasteiger partial charge is 0.317 e. The summed E-state index contributed by atoms with van der Waals surface area (Å²) in [4.78, 5) is 105. The Labute approximate surface area is 644 Å². The summed E-state index contributed by atoms with van der Waals surface area (Å²) in [5.41, 5.74) is 2.05. The molecule has 7 heterocycles. The monoisotopic (exact) mass is 1670 g/mol. The van der Waals surface area contributed by atoms with Gasteiger partial charge in [-0.1, -0.05) is 86.2 Å². The molecule has 0 spiro atoms. The van der Waals surface area contributed by atoms with Crippen molar-refractivity contribution in [1.29, 1.82) is 0 Å². The van der Waals surface area contributed by atoms with Crippen molar-refractivity contribution in [2.75, 3.05) is 80.9 Å². The van der Waals surface area contributed by atoms with Crippen molar-refractivity contribution >= 4 is 135 Å². The maximum Gasteiger partial charge on any atom is 0.317 e. The van der Waals surface area contributed by atoms with Gasteiger partial charge in [-0.3, -0.25) is 19.2 Å². The predicted molar refractivity (Wildman–Crippen MR) is 413 cm³/mol. The highest BCUT2D eigenvalue weighted by molar-refractivity contribution is 14.1. The van der Waals surface area contributed by atoms with Gasteiger partial charge in [0.15, 0.2) is 0 Å². The van der Waals surface area contributed by atoms with Gasteiger partial charge < -0.3 is 54.8 Å². The minimum Gasteiger partial charge on any atom is -0.496 e. The topological polar surface area (TPSA) is 350 Å².